The molecule has 144 valence electrons. The molecule has 4 bridgehead atoms. The molecule has 5 aliphatic rings. The van der Waals surface area contributed by atoms with Crippen LogP contribution in [0.3, 0.4) is 0 Å². The second-order valence-corrected chi connectivity index (χ2v) is 10.1. The van der Waals surface area contributed by atoms with E-state index in [1.54, 1.807) is 0 Å². The van der Waals surface area contributed by atoms with Crippen LogP contribution in [0, 0.1) is 31.6 Å². The number of hydrogen-bond acceptors (Lipinski definition) is 1. The molecule has 0 N–H and O–H groups in total. The highest BCUT2D eigenvalue weighted by Crippen LogP contribution is 2.62. The van der Waals surface area contributed by atoms with Gasteiger partial charge in [0, 0.05) is 17.2 Å². The van der Waals surface area contributed by atoms with Gasteiger partial charge in [0.2, 0.25) is 5.69 Å². The van der Waals surface area contributed by atoms with Gasteiger partial charge in [-0.05, 0) is 87.2 Å². The Labute approximate surface area is 168 Å². The maximum atomic E-state index is 6.52. The third kappa shape index (κ3) is 2.50. The number of rotatable bonds is 2. The molecule has 4 aliphatic carbocycles. The molecular weight excluding hydrogens is 342 g/mol. The van der Waals surface area contributed by atoms with Crippen molar-refractivity contribution in [3.8, 4) is 5.75 Å². The number of para-hydroxylation sites is 1. The van der Waals surface area contributed by atoms with Crippen LogP contribution >= 0.6 is 0 Å². The molecule has 0 atom stereocenters. The van der Waals surface area contributed by atoms with Gasteiger partial charge in [0.1, 0.15) is 5.75 Å². The van der Waals surface area contributed by atoms with Gasteiger partial charge in [-0.15, -0.1) is 0 Å². The molecular formula is C26H30NO+. The van der Waals surface area contributed by atoms with E-state index in [2.05, 4.69) is 61.0 Å². The second kappa shape index (κ2) is 5.95. The van der Waals surface area contributed by atoms with Crippen LogP contribution in [0.2, 0.25) is 0 Å². The zero-order valence-corrected chi connectivity index (χ0v) is 17.1. The summed E-state index contributed by atoms with van der Waals surface area (Å²) in [6, 6.07) is 13.4. The van der Waals surface area contributed by atoms with Gasteiger partial charge >= 0.3 is 0 Å². The zero-order valence-electron chi connectivity index (χ0n) is 17.1. The zero-order chi connectivity index (χ0) is 18.9. The van der Waals surface area contributed by atoms with Crippen LogP contribution in [0.4, 0.5) is 5.69 Å². The molecule has 0 radical (unpaired) electrons. The smallest absolute Gasteiger partial charge is 0.292 e. The summed E-state index contributed by atoms with van der Waals surface area (Å²) < 4.78 is 8.78. The quantitative estimate of drug-likeness (QED) is 0.599. The lowest BCUT2D eigenvalue weighted by molar-refractivity contribution is -0.476. The summed E-state index contributed by atoms with van der Waals surface area (Å²) in [5.41, 5.74) is 7.08. The highest BCUT2D eigenvalue weighted by atomic mass is 16.5. The third-order valence-electron chi connectivity index (χ3n) is 7.94. The first kappa shape index (κ1) is 16.8. The standard InChI is InChI=1S/C26H30NO/c1-17-7-22-15-27(24-6-4-3-5-18(24)2)16-28-25(22)23(8-17)26-12-19-9-20(13-26)11-21(10-19)14-26/h3-8,15,19-21H,9-14,16H2,1-2H3/q+1. The van der Waals surface area contributed by atoms with Crippen molar-refractivity contribution in [2.24, 2.45) is 17.8 Å². The van der Waals surface area contributed by atoms with Crippen molar-refractivity contribution >= 4 is 11.9 Å². The van der Waals surface area contributed by atoms with Gasteiger partial charge in [0.05, 0.1) is 5.56 Å². The van der Waals surface area contributed by atoms with Gasteiger partial charge in [0.15, 0.2) is 6.21 Å². The molecule has 4 fully saturated rings. The minimum atomic E-state index is 0.378. The first-order valence-electron chi connectivity index (χ1n) is 11.0. The van der Waals surface area contributed by atoms with Crippen LogP contribution in [0.1, 0.15) is 60.8 Å². The molecule has 4 saturated carbocycles. The summed E-state index contributed by atoms with van der Waals surface area (Å²) in [5.74, 6) is 4.05. The van der Waals surface area contributed by atoms with Crippen molar-refractivity contribution in [2.75, 3.05) is 6.73 Å². The fraction of sp³-hybridized carbons (Fsp3) is 0.500. The van der Waals surface area contributed by atoms with E-state index in [1.165, 1.54) is 72.2 Å². The van der Waals surface area contributed by atoms with E-state index in [4.69, 9.17) is 4.74 Å². The normalized spacial score (nSPS) is 32.6. The molecule has 28 heavy (non-hydrogen) atoms. The van der Waals surface area contributed by atoms with Crippen LogP contribution in [-0.2, 0) is 5.41 Å². The maximum Gasteiger partial charge on any atom is 0.292 e. The fourth-order valence-corrected chi connectivity index (χ4v) is 7.26. The van der Waals surface area contributed by atoms with Crippen LogP contribution in [0.5, 0.6) is 5.75 Å². The molecule has 0 unspecified atom stereocenters. The molecule has 2 aromatic rings. The van der Waals surface area contributed by atoms with E-state index in [9.17, 15) is 0 Å². The van der Waals surface area contributed by atoms with Crippen molar-refractivity contribution in [1.29, 1.82) is 0 Å². The minimum absolute atomic E-state index is 0.378. The Morgan fingerprint density at radius 2 is 1.61 bits per heavy atom. The van der Waals surface area contributed by atoms with Gasteiger partial charge in [-0.25, -0.2) is 0 Å². The minimum Gasteiger partial charge on any atom is -0.435 e. The summed E-state index contributed by atoms with van der Waals surface area (Å²) >= 11 is 0. The number of hydrogen-bond donors (Lipinski definition) is 0. The molecule has 0 amide bonds. The van der Waals surface area contributed by atoms with E-state index >= 15 is 0 Å². The largest absolute Gasteiger partial charge is 0.435 e. The van der Waals surface area contributed by atoms with Crippen molar-refractivity contribution in [1.82, 2.24) is 0 Å². The summed E-state index contributed by atoms with van der Waals surface area (Å²) in [5, 5.41) is 0. The Bertz CT molecular complexity index is 951. The van der Waals surface area contributed by atoms with Gasteiger partial charge in [0.25, 0.3) is 6.73 Å². The summed E-state index contributed by atoms with van der Waals surface area (Å²) in [6.45, 7) is 5.04. The Balaban J connectivity index is 1.46. The Hall–Kier alpha value is -2.09. The van der Waals surface area contributed by atoms with Crippen LogP contribution in [0.15, 0.2) is 36.4 Å². The highest BCUT2D eigenvalue weighted by Gasteiger charge is 2.53. The van der Waals surface area contributed by atoms with Gasteiger partial charge < -0.3 is 4.74 Å². The number of ether oxygens (including phenoxy) is 1. The average Bonchev–Trinajstić information content (AvgIpc) is 2.66. The summed E-state index contributed by atoms with van der Waals surface area (Å²) in [4.78, 5) is 0. The monoisotopic (exact) mass is 372 g/mol. The van der Waals surface area contributed by atoms with Crippen LogP contribution in [0.25, 0.3) is 0 Å². The van der Waals surface area contributed by atoms with E-state index in [0.29, 0.717) is 12.1 Å². The Morgan fingerprint density at radius 3 is 2.29 bits per heavy atom. The Morgan fingerprint density at radius 1 is 0.929 bits per heavy atom. The lowest BCUT2D eigenvalue weighted by Crippen LogP contribution is -2.49. The summed E-state index contributed by atoms with van der Waals surface area (Å²) in [7, 11) is 0. The molecule has 0 aromatic heterocycles. The fourth-order valence-electron chi connectivity index (χ4n) is 7.26. The second-order valence-electron chi connectivity index (χ2n) is 10.1. The van der Waals surface area contributed by atoms with E-state index in [1.807, 2.05) is 0 Å². The molecule has 2 aromatic carbocycles. The summed E-state index contributed by atoms with van der Waals surface area (Å²) in [6.07, 6.45) is 10.9. The molecule has 2 nitrogen and oxygen atoms in total. The topological polar surface area (TPSA) is 12.2 Å². The third-order valence-corrected chi connectivity index (χ3v) is 7.94. The first-order chi connectivity index (χ1) is 13.6. The predicted octanol–water partition coefficient (Wildman–Crippen LogP) is 5.88. The lowest BCUT2D eigenvalue weighted by atomic mass is 9.48. The van der Waals surface area contributed by atoms with E-state index < -0.39 is 0 Å². The molecule has 1 heterocycles. The molecule has 0 spiro atoms. The predicted molar refractivity (Wildman–Crippen MR) is 113 cm³/mol. The van der Waals surface area contributed by atoms with Crippen molar-refractivity contribution in [2.45, 2.75) is 57.8 Å². The molecule has 1 aliphatic heterocycles. The highest BCUT2D eigenvalue weighted by molar-refractivity contribution is 5.83. The average molecular weight is 373 g/mol. The van der Waals surface area contributed by atoms with E-state index in [-0.39, 0.29) is 0 Å². The van der Waals surface area contributed by atoms with Gasteiger partial charge in [-0.1, -0.05) is 24.3 Å². The number of benzene rings is 2. The van der Waals surface area contributed by atoms with Crippen molar-refractivity contribution in [3.63, 3.8) is 0 Å². The number of fused-ring (bicyclic) bond motifs is 1. The van der Waals surface area contributed by atoms with Crippen LogP contribution < -0.4 is 4.74 Å². The van der Waals surface area contributed by atoms with Crippen LogP contribution in [-0.4, -0.2) is 17.5 Å². The first-order valence-corrected chi connectivity index (χ1v) is 11.0. The number of aryl methyl sites for hydroxylation is 2. The van der Waals surface area contributed by atoms with Gasteiger partial charge in [-0.3, -0.25) is 0 Å². The van der Waals surface area contributed by atoms with Gasteiger partial charge in [-0.2, -0.15) is 4.58 Å². The lowest BCUT2D eigenvalue weighted by Gasteiger charge is -2.57. The SMILES string of the molecule is Cc1cc2c(c(C34CC5CC(CC(C5)C3)C4)c1)OC[N+](c1ccccc1C)=C2. The van der Waals surface area contributed by atoms with Crippen molar-refractivity contribution < 1.29 is 9.31 Å². The number of nitrogens with zero attached hydrogens (tertiary/aromatic N) is 1. The molecule has 2 heteroatoms. The molecule has 7 rings (SSSR count). The maximum absolute atomic E-state index is 6.52. The Kier molecular flexibility index (Phi) is 3.58. The van der Waals surface area contributed by atoms with E-state index in [0.717, 1.165) is 17.8 Å². The molecule has 0 saturated heterocycles. The van der Waals surface area contributed by atoms with Crippen molar-refractivity contribution in [3.05, 3.63) is 58.7 Å².